The molecule has 0 fully saturated rings. The van der Waals surface area contributed by atoms with Gasteiger partial charge in [0.15, 0.2) is 5.11 Å². The lowest BCUT2D eigenvalue weighted by Gasteiger charge is -2.13. The second-order valence-electron chi connectivity index (χ2n) is 4.96. The normalized spacial score (nSPS) is 11.1. The zero-order valence-corrected chi connectivity index (χ0v) is 12.9. The molecule has 0 aromatic heterocycles. The summed E-state index contributed by atoms with van der Waals surface area (Å²) in [5, 5.41) is 5.95. The molecule has 2 nitrogen and oxygen atoms in total. The fraction of sp³-hybridized carbons (Fsp3) is 0.188. The average Bonchev–Trinajstić information content (AvgIpc) is 2.42. The Morgan fingerprint density at radius 3 is 2.14 bits per heavy atom. The first kappa shape index (κ1) is 16.3. The molecule has 0 amide bonds. The summed E-state index contributed by atoms with van der Waals surface area (Å²) in [4.78, 5) is 0. The lowest BCUT2D eigenvalue weighted by Crippen LogP contribution is -2.19. The van der Waals surface area contributed by atoms with E-state index in [9.17, 15) is 13.2 Å². The van der Waals surface area contributed by atoms with Crippen molar-refractivity contribution in [1.82, 2.24) is 0 Å². The van der Waals surface area contributed by atoms with Gasteiger partial charge in [-0.2, -0.15) is 13.2 Å². The van der Waals surface area contributed by atoms with Gasteiger partial charge < -0.3 is 10.6 Å². The molecule has 0 saturated carbocycles. The highest BCUT2D eigenvalue weighted by Crippen LogP contribution is 2.30. The third-order valence-electron chi connectivity index (χ3n) is 3.21. The van der Waals surface area contributed by atoms with E-state index < -0.39 is 11.7 Å². The van der Waals surface area contributed by atoms with Crippen molar-refractivity contribution >= 4 is 28.7 Å². The maximum absolute atomic E-state index is 12.7. The van der Waals surface area contributed by atoms with Crippen molar-refractivity contribution in [2.75, 3.05) is 10.6 Å². The summed E-state index contributed by atoms with van der Waals surface area (Å²) < 4.78 is 38.0. The summed E-state index contributed by atoms with van der Waals surface area (Å²) in [6.45, 7) is 3.97. The molecule has 22 heavy (non-hydrogen) atoms. The van der Waals surface area contributed by atoms with Gasteiger partial charge in [-0.15, -0.1) is 0 Å². The average molecular weight is 324 g/mol. The summed E-state index contributed by atoms with van der Waals surface area (Å²) in [5.41, 5.74) is 2.62. The van der Waals surface area contributed by atoms with E-state index in [0.29, 0.717) is 0 Å². The third-order valence-corrected chi connectivity index (χ3v) is 3.42. The Bertz CT molecular complexity index is 696. The van der Waals surface area contributed by atoms with E-state index in [-0.39, 0.29) is 10.8 Å². The predicted molar refractivity (Wildman–Crippen MR) is 87.2 cm³/mol. The predicted octanol–water partition coefficient (Wildman–Crippen LogP) is 5.13. The van der Waals surface area contributed by atoms with Crippen LogP contribution in [0.2, 0.25) is 0 Å². The minimum Gasteiger partial charge on any atom is -0.332 e. The van der Waals surface area contributed by atoms with Crippen molar-refractivity contribution in [3.05, 3.63) is 59.2 Å². The van der Waals surface area contributed by atoms with Gasteiger partial charge in [-0.25, -0.2) is 0 Å². The Labute approximate surface area is 132 Å². The quantitative estimate of drug-likeness (QED) is 0.749. The number of anilines is 2. The van der Waals surface area contributed by atoms with E-state index in [1.54, 1.807) is 0 Å². The number of hydrogen-bond donors (Lipinski definition) is 2. The molecule has 2 N–H and O–H groups in total. The van der Waals surface area contributed by atoms with Crippen LogP contribution in [0, 0.1) is 13.8 Å². The highest BCUT2D eigenvalue weighted by atomic mass is 32.1. The molecule has 0 saturated heterocycles. The van der Waals surface area contributed by atoms with Crippen LogP contribution in [0.5, 0.6) is 0 Å². The molecule has 2 aromatic carbocycles. The van der Waals surface area contributed by atoms with Gasteiger partial charge in [0, 0.05) is 11.4 Å². The van der Waals surface area contributed by atoms with Crippen molar-refractivity contribution in [3.63, 3.8) is 0 Å². The minimum atomic E-state index is -4.37. The van der Waals surface area contributed by atoms with Gasteiger partial charge in [0.05, 0.1) is 5.56 Å². The molecule has 0 atom stereocenters. The zero-order valence-electron chi connectivity index (χ0n) is 12.1. The summed E-state index contributed by atoms with van der Waals surface area (Å²) in [6, 6.07) is 10.6. The molecular formula is C16H15F3N2S. The summed E-state index contributed by atoms with van der Waals surface area (Å²) >= 11 is 5.13. The third kappa shape index (κ3) is 4.21. The fourth-order valence-electron chi connectivity index (χ4n) is 1.89. The highest BCUT2D eigenvalue weighted by Gasteiger charge is 2.30. The molecule has 0 spiro atoms. The van der Waals surface area contributed by atoms with Gasteiger partial charge in [0.2, 0.25) is 0 Å². The van der Waals surface area contributed by atoms with Gasteiger partial charge in [0.25, 0.3) is 0 Å². The molecule has 2 aromatic rings. The SMILES string of the molecule is Cc1ccc(NC(=S)Nc2cccc(C(F)(F)F)c2)cc1C. The number of nitrogens with one attached hydrogen (secondary N) is 2. The highest BCUT2D eigenvalue weighted by molar-refractivity contribution is 7.80. The number of hydrogen-bond acceptors (Lipinski definition) is 1. The van der Waals surface area contributed by atoms with Crippen LogP contribution in [0.25, 0.3) is 0 Å². The standard InChI is InChI=1S/C16H15F3N2S/c1-10-6-7-14(8-11(10)2)21-15(22)20-13-5-3-4-12(9-13)16(17,18)19/h3-9H,1-2H3,(H2,20,21,22). The Kier molecular flexibility index (Phi) is 4.71. The van der Waals surface area contributed by atoms with Gasteiger partial charge in [-0.05, 0) is 67.5 Å². The van der Waals surface area contributed by atoms with Crippen molar-refractivity contribution in [3.8, 4) is 0 Å². The second kappa shape index (κ2) is 6.36. The fourth-order valence-corrected chi connectivity index (χ4v) is 2.12. The number of rotatable bonds is 2. The van der Waals surface area contributed by atoms with Crippen molar-refractivity contribution < 1.29 is 13.2 Å². The summed E-state index contributed by atoms with van der Waals surface area (Å²) in [7, 11) is 0. The molecule has 2 rings (SSSR count). The van der Waals surface area contributed by atoms with Crippen LogP contribution in [-0.4, -0.2) is 5.11 Å². The Morgan fingerprint density at radius 2 is 1.55 bits per heavy atom. The van der Waals surface area contributed by atoms with E-state index in [1.165, 1.54) is 12.1 Å². The van der Waals surface area contributed by atoms with Crippen molar-refractivity contribution in [1.29, 1.82) is 0 Å². The summed E-state index contributed by atoms with van der Waals surface area (Å²) in [6.07, 6.45) is -4.37. The van der Waals surface area contributed by atoms with Gasteiger partial charge in [0.1, 0.15) is 0 Å². The monoisotopic (exact) mass is 324 g/mol. The first-order chi connectivity index (χ1) is 10.3. The number of thiocarbonyl (C=S) groups is 1. The largest absolute Gasteiger partial charge is 0.416 e. The number of halogens is 3. The zero-order chi connectivity index (χ0) is 16.3. The molecule has 0 radical (unpaired) electrons. The van der Waals surface area contributed by atoms with Gasteiger partial charge in [-0.3, -0.25) is 0 Å². The molecule has 0 aliphatic carbocycles. The van der Waals surface area contributed by atoms with Crippen molar-refractivity contribution in [2.45, 2.75) is 20.0 Å². The van der Waals surface area contributed by atoms with E-state index in [4.69, 9.17) is 12.2 Å². The van der Waals surface area contributed by atoms with Crippen LogP contribution in [-0.2, 0) is 6.18 Å². The molecule has 0 aliphatic rings. The number of alkyl halides is 3. The van der Waals surface area contributed by atoms with Crippen LogP contribution in [0.15, 0.2) is 42.5 Å². The van der Waals surface area contributed by atoms with E-state index in [2.05, 4.69) is 10.6 Å². The van der Waals surface area contributed by atoms with E-state index in [1.807, 2.05) is 32.0 Å². The molecule has 0 heterocycles. The first-order valence-electron chi connectivity index (χ1n) is 6.58. The lowest BCUT2D eigenvalue weighted by atomic mass is 10.1. The van der Waals surface area contributed by atoms with Crippen LogP contribution in [0.3, 0.4) is 0 Å². The topological polar surface area (TPSA) is 24.1 Å². The molecule has 0 unspecified atom stereocenters. The Hall–Kier alpha value is -2.08. The van der Waals surface area contributed by atoms with Crippen LogP contribution < -0.4 is 10.6 Å². The molecule has 0 bridgehead atoms. The first-order valence-corrected chi connectivity index (χ1v) is 6.99. The molecular weight excluding hydrogens is 309 g/mol. The maximum Gasteiger partial charge on any atom is 0.416 e. The molecule has 116 valence electrons. The Morgan fingerprint density at radius 1 is 0.909 bits per heavy atom. The number of aryl methyl sites for hydroxylation is 2. The van der Waals surface area contributed by atoms with Gasteiger partial charge in [-0.1, -0.05) is 12.1 Å². The molecule has 6 heteroatoms. The lowest BCUT2D eigenvalue weighted by molar-refractivity contribution is -0.137. The maximum atomic E-state index is 12.7. The molecule has 0 aliphatic heterocycles. The van der Waals surface area contributed by atoms with Crippen LogP contribution in [0.1, 0.15) is 16.7 Å². The second-order valence-corrected chi connectivity index (χ2v) is 5.36. The van der Waals surface area contributed by atoms with Crippen LogP contribution in [0.4, 0.5) is 24.5 Å². The van der Waals surface area contributed by atoms with Crippen molar-refractivity contribution in [2.24, 2.45) is 0 Å². The van der Waals surface area contributed by atoms with E-state index in [0.717, 1.165) is 28.9 Å². The minimum absolute atomic E-state index is 0.238. The van der Waals surface area contributed by atoms with Crippen LogP contribution >= 0.6 is 12.2 Å². The smallest absolute Gasteiger partial charge is 0.332 e. The van der Waals surface area contributed by atoms with E-state index >= 15 is 0 Å². The number of benzene rings is 2. The Balaban J connectivity index is 2.07. The summed E-state index contributed by atoms with van der Waals surface area (Å²) in [5.74, 6) is 0. The van der Waals surface area contributed by atoms with Gasteiger partial charge >= 0.3 is 6.18 Å².